The van der Waals surface area contributed by atoms with Crippen LogP contribution in [0.2, 0.25) is 0 Å². The molecule has 0 aromatic rings. The van der Waals surface area contributed by atoms with Gasteiger partial charge in [-0.3, -0.25) is 37.3 Å². The third-order valence-electron chi connectivity index (χ3n) is 17.0. The van der Waals surface area contributed by atoms with E-state index in [0.29, 0.717) is 25.7 Å². The highest BCUT2D eigenvalue weighted by Crippen LogP contribution is 2.45. The lowest BCUT2D eigenvalue weighted by Crippen LogP contribution is -2.30. The van der Waals surface area contributed by atoms with Crippen molar-refractivity contribution in [3.8, 4) is 0 Å². The molecule has 0 spiro atoms. The maximum absolute atomic E-state index is 13.1. The highest BCUT2D eigenvalue weighted by atomic mass is 31.2. The van der Waals surface area contributed by atoms with Crippen molar-refractivity contribution in [2.24, 2.45) is 0 Å². The fourth-order valence-corrected chi connectivity index (χ4v) is 12.5. The van der Waals surface area contributed by atoms with Gasteiger partial charge in [0.15, 0.2) is 12.2 Å². The summed E-state index contributed by atoms with van der Waals surface area (Å²) in [4.78, 5) is 73.0. The number of carbonyl (C=O) groups is 4. The molecule has 0 aliphatic carbocycles. The lowest BCUT2D eigenvalue weighted by Gasteiger charge is -2.21. The smallest absolute Gasteiger partial charge is 0.462 e. The number of unbranched alkanes of at least 4 members (excludes halogenated alkanes) is 34. The zero-order valence-electron chi connectivity index (χ0n) is 64.5. The van der Waals surface area contributed by atoms with E-state index in [1.165, 1.54) is 70.6 Å². The molecule has 0 aliphatic heterocycles. The third-order valence-corrected chi connectivity index (χ3v) is 18.9. The third kappa shape index (κ3) is 74.3. The zero-order valence-corrected chi connectivity index (χ0v) is 66.3. The number of esters is 4. The molecule has 0 fully saturated rings. The summed E-state index contributed by atoms with van der Waals surface area (Å²) in [6.45, 7) is 4.61. The van der Waals surface area contributed by atoms with Gasteiger partial charge in [0.2, 0.25) is 0 Å². The number of phosphoric ester groups is 2. The second-order valence-electron chi connectivity index (χ2n) is 27.0. The van der Waals surface area contributed by atoms with Gasteiger partial charge in [0.05, 0.1) is 26.4 Å². The van der Waals surface area contributed by atoms with Gasteiger partial charge in [0.25, 0.3) is 0 Å². The van der Waals surface area contributed by atoms with Crippen molar-refractivity contribution in [1.82, 2.24) is 0 Å². The summed E-state index contributed by atoms with van der Waals surface area (Å²) in [7, 11) is -9.96. The van der Waals surface area contributed by atoms with E-state index < -0.39 is 97.5 Å². The zero-order chi connectivity index (χ0) is 74.6. The Balaban J connectivity index is 5.35. The van der Waals surface area contributed by atoms with Crippen molar-refractivity contribution in [2.75, 3.05) is 39.6 Å². The van der Waals surface area contributed by atoms with Crippen LogP contribution in [0.3, 0.4) is 0 Å². The highest BCUT2D eigenvalue weighted by Gasteiger charge is 2.30. The van der Waals surface area contributed by atoms with E-state index in [1.54, 1.807) is 0 Å². The minimum Gasteiger partial charge on any atom is -0.462 e. The second-order valence-corrected chi connectivity index (χ2v) is 29.9. The van der Waals surface area contributed by atoms with Crippen LogP contribution in [0.1, 0.15) is 349 Å². The monoisotopic (exact) mass is 1480 g/mol. The molecule has 0 saturated heterocycles. The lowest BCUT2D eigenvalue weighted by atomic mass is 10.0. The first-order valence-electron chi connectivity index (χ1n) is 40.5. The molecule has 0 aromatic heterocycles. The van der Waals surface area contributed by atoms with Crippen LogP contribution in [0, 0.1) is 0 Å². The molecular weight excluding hydrogens is 1330 g/mol. The van der Waals surface area contributed by atoms with Crippen LogP contribution in [-0.4, -0.2) is 96.7 Å². The first-order valence-corrected chi connectivity index (χ1v) is 43.5. The van der Waals surface area contributed by atoms with E-state index in [0.717, 1.165) is 199 Å². The minimum atomic E-state index is -4.98. The molecule has 102 heavy (non-hydrogen) atoms. The molecule has 5 unspecified atom stereocenters. The normalized spacial score (nSPS) is 14.4. The Morgan fingerprint density at radius 1 is 0.284 bits per heavy atom. The van der Waals surface area contributed by atoms with Crippen LogP contribution in [0.4, 0.5) is 0 Å². The Bertz CT molecular complexity index is 2310. The van der Waals surface area contributed by atoms with E-state index in [2.05, 4.69) is 125 Å². The molecule has 0 radical (unpaired) electrons. The summed E-state index contributed by atoms with van der Waals surface area (Å²) in [5, 5.41) is 10.6. The van der Waals surface area contributed by atoms with Crippen LogP contribution in [0.5, 0.6) is 0 Å². The molecule has 590 valence electrons. The van der Waals surface area contributed by atoms with Gasteiger partial charge >= 0.3 is 39.5 Å². The molecule has 5 atom stereocenters. The number of allylic oxidation sites excluding steroid dienone is 16. The fraction of sp³-hybridized carbons (Fsp3) is 0.759. The van der Waals surface area contributed by atoms with Crippen LogP contribution >= 0.6 is 15.6 Å². The predicted octanol–water partition coefficient (Wildman–Crippen LogP) is 23.6. The van der Waals surface area contributed by atoms with Gasteiger partial charge in [-0.2, -0.15) is 0 Å². The van der Waals surface area contributed by atoms with Crippen molar-refractivity contribution in [2.45, 2.75) is 367 Å². The van der Waals surface area contributed by atoms with Gasteiger partial charge in [-0.05, 0) is 116 Å². The SMILES string of the molecule is CC/C=C\C/C=C\C/C=C\CCCCCCCCCC(=O)OCC(COP(=O)(O)OCC(O)COP(=O)(O)OCC(COC(=O)CCCCCCCCCCCCCCCCC)OC(=O)CCCCCCC/C=C\C/C=C\CCC)OC(=O)CCCCCCCCC/C=C\C/C=C\C/C=C\CC. The molecule has 0 saturated carbocycles. The first-order chi connectivity index (χ1) is 49.7. The molecule has 0 aromatic carbocycles. The molecular formula is C83H146O17P2. The Kier molecular flexibility index (Phi) is 72.3. The first kappa shape index (κ1) is 98.0. The summed E-state index contributed by atoms with van der Waals surface area (Å²) in [6.07, 6.45) is 79.5. The highest BCUT2D eigenvalue weighted by molar-refractivity contribution is 7.47. The number of phosphoric acid groups is 2. The van der Waals surface area contributed by atoms with Gasteiger partial charge in [-0.15, -0.1) is 0 Å². The number of hydrogen-bond acceptors (Lipinski definition) is 15. The molecule has 19 heteroatoms. The van der Waals surface area contributed by atoms with Gasteiger partial charge < -0.3 is 33.8 Å². The Morgan fingerprint density at radius 2 is 0.529 bits per heavy atom. The van der Waals surface area contributed by atoms with Crippen LogP contribution in [0.15, 0.2) is 97.2 Å². The van der Waals surface area contributed by atoms with Crippen LogP contribution in [-0.2, 0) is 65.4 Å². The summed E-state index contributed by atoms with van der Waals surface area (Å²) in [5.41, 5.74) is 0. The van der Waals surface area contributed by atoms with Crippen molar-refractivity contribution in [3.05, 3.63) is 97.2 Å². The molecule has 0 rings (SSSR count). The minimum absolute atomic E-state index is 0.0813. The standard InChI is InChI=1S/C83H146O17P2/c1-5-9-13-17-21-25-29-33-36-38-41-45-48-52-56-60-64-68-81(86)94-74-79(100-83(88)70-66-62-58-54-50-46-42-39-37-34-30-26-22-18-14-10-6-2)76-98-102(91,92)96-72-77(84)71-95-101(89,90)97-75-78(99-82(87)69-65-61-57-53-49-43-32-28-24-20-16-12-8-4)73-93-80(85)67-63-59-55-51-47-44-40-35-31-27-23-19-15-11-7-3/h9-10,13-14,16,20-22,25-26,28,32-34,36-37,77-79,84H,5-8,11-12,15,17-19,23-24,27,29-31,35,38-76H2,1-4H3,(H,89,90)(H,91,92)/b13-9-,14-10-,20-16-,25-21-,26-22-,32-28-,36-33-,37-34-. The topological polar surface area (TPSA) is 237 Å². The number of aliphatic hydroxyl groups is 1. The molecule has 0 bridgehead atoms. The van der Waals surface area contributed by atoms with Crippen molar-refractivity contribution in [3.63, 3.8) is 0 Å². The summed E-state index contributed by atoms with van der Waals surface area (Å²) < 4.78 is 68.6. The van der Waals surface area contributed by atoms with E-state index in [-0.39, 0.29) is 25.7 Å². The number of aliphatic hydroxyl groups excluding tert-OH is 1. The Morgan fingerprint density at radius 3 is 0.824 bits per heavy atom. The number of hydrogen-bond donors (Lipinski definition) is 3. The fourth-order valence-electron chi connectivity index (χ4n) is 10.9. The van der Waals surface area contributed by atoms with Crippen LogP contribution < -0.4 is 0 Å². The second kappa shape index (κ2) is 75.2. The number of rotatable bonds is 76. The quantitative estimate of drug-likeness (QED) is 0.0169. The molecule has 17 nitrogen and oxygen atoms in total. The average molecular weight is 1480 g/mol. The van der Waals surface area contributed by atoms with Gasteiger partial charge in [0, 0.05) is 25.7 Å². The summed E-state index contributed by atoms with van der Waals surface area (Å²) >= 11 is 0. The van der Waals surface area contributed by atoms with Crippen molar-refractivity contribution < 1.29 is 80.2 Å². The van der Waals surface area contributed by atoms with E-state index in [4.69, 9.17) is 37.0 Å². The van der Waals surface area contributed by atoms with E-state index in [9.17, 15) is 43.2 Å². The van der Waals surface area contributed by atoms with Crippen molar-refractivity contribution >= 4 is 39.5 Å². The predicted molar refractivity (Wildman–Crippen MR) is 418 cm³/mol. The summed E-state index contributed by atoms with van der Waals surface area (Å²) in [6, 6.07) is 0. The van der Waals surface area contributed by atoms with Crippen LogP contribution in [0.25, 0.3) is 0 Å². The van der Waals surface area contributed by atoms with E-state index >= 15 is 0 Å². The molecule has 0 heterocycles. The molecule has 0 amide bonds. The Hall–Kier alpha value is -4.02. The summed E-state index contributed by atoms with van der Waals surface area (Å²) in [5.74, 6) is -2.19. The Labute approximate surface area is 620 Å². The van der Waals surface area contributed by atoms with Gasteiger partial charge in [-0.25, -0.2) is 9.13 Å². The maximum Gasteiger partial charge on any atom is 0.472 e. The van der Waals surface area contributed by atoms with Crippen molar-refractivity contribution in [1.29, 1.82) is 0 Å². The average Bonchev–Trinajstić information content (AvgIpc) is 0.959. The number of carbonyl (C=O) groups excluding carboxylic acids is 4. The van der Waals surface area contributed by atoms with Gasteiger partial charge in [-0.1, -0.05) is 305 Å². The lowest BCUT2D eigenvalue weighted by molar-refractivity contribution is -0.161. The molecule has 0 aliphatic rings. The largest absolute Gasteiger partial charge is 0.472 e. The molecule has 3 N–H and O–H groups in total. The van der Waals surface area contributed by atoms with Gasteiger partial charge in [0.1, 0.15) is 19.3 Å². The van der Waals surface area contributed by atoms with E-state index in [1.807, 2.05) is 0 Å². The number of ether oxygens (including phenoxy) is 4. The maximum atomic E-state index is 13.1.